The molecule has 0 saturated heterocycles. The van der Waals surface area contributed by atoms with Crippen LogP contribution in [0.5, 0.6) is 0 Å². The Morgan fingerprint density at radius 1 is 1.07 bits per heavy atom. The highest BCUT2D eigenvalue weighted by Gasteiger charge is 2.46. The number of aliphatic hydroxyl groups is 2. The maximum Gasteiger partial charge on any atom is 0.0835 e. The fourth-order valence-electron chi connectivity index (χ4n) is 2.60. The van der Waals surface area contributed by atoms with Crippen LogP contribution in [0.4, 0.5) is 0 Å². The molecule has 2 N–H and O–H groups in total. The lowest BCUT2D eigenvalue weighted by molar-refractivity contribution is -0.0220. The van der Waals surface area contributed by atoms with Crippen molar-refractivity contribution in [2.45, 2.75) is 53.2 Å². The highest BCUT2D eigenvalue weighted by molar-refractivity contribution is 4.96. The van der Waals surface area contributed by atoms with Gasteiger partial charge in [0.1, 0.15) is 0 Å². The van der Waals surface area contributed by atoms with Crippen LogP contribution in [0.3, 0.4) is 0 Å². The van der Waals surface area contributed by atoms with Crippen molar-refractivity contribution in [2.24, 2.45) is 23.2 Å². The molecule has 1 fully saturated rings. The zero-order chi connectivity index (χ0) is 11.1. The van der Waals surface area contributed by atoms with Crippen molar-refractivity contribution in [1.29, 1.82) is 0 Å². The van der Waals surface area contributed by atoms with Gasteiger partial charge >= 0.3 is 0 Å². The Kier molecular flexibility index (Phi) is 3.27. The summed E-state index contributed by atoms with van der Waals surface area (Å²) in [7, 11) is 0. The smallest absolute Gasteiger partial charge is 0.0835 e. The maximum atomic E-state index is 9.96. The van der Waals surface area contributed by atoms with Gasteiger partial charge in [0.25, 0.3) is 0 Å². The number of hydrogen-bond donors (Lipinski definition) is 2. The fraction of sp³-hybridized carbons (Fsp3) is 1.00. The highest BCUT2D eigenvalue weighted by Crippen LogP contribution is 2.44. The Bertz CT molecular complexity index is 193. The second kappa shape index (κ2) is 3.82. The molecule has 4 atom stereocenters. The third kappa shape index (κ3) is 2.12. The lowest BCUT2D eigenvalue weighted by Crippen LogP contribution is -2.34. The van der Waals surface area contributed by atoms with Crippen LogP contribution in [0, 0.1) is 23.2 Å². The largest absolute Gasteiger partial charge is 0.390 e. The van der Waals surface area contributed by atoms with Crippen LogP contribution in [0.25, 0.3) is 0 Å². The minimum absolute atomic E-state index is 0.0873. The van der Waals surface area contributed by atoms with Crippen molar-refractivity contribution in [3.8, 4) is 0 Å². The first-order valence-corrected chi connectivity index (χ1v) is 5.61. The molecule has 0 aromatic heterocycles. The van der Waals surface area contributed by atoms with E-state index in [9.17, 15) is 10.2 Å². The van der Waals surface area contributed by atoms with E-state index in [1.807, 2.05) is 0 Å². The van der Waals surface area contributed by atoms with Gasteiger partial charge in [-0.2, -0.15) is 0 Å². The second-order valence-corrected chi connectivity index (χ2v) is 6.10. The molecule has 0 heterocycles. The Hall–Kier alpha value is -0.0800. The van der Waals surface area contributed by atoms with E-state index in [-0.39, 0.29) is 17.3 Å². The van der Waals surface area contributed by atoms with Crippen LogP contribution in [-0.4, -0.2) is 22.4 Å². The lowest BCUT2D eigenvalue weighted by atomic mass is 9.77. The van der Waals surface area contributed by atoms with Crippen LogP contribution in [0.15, 0.2) is 0 Å². The van der Waals surface area contributed by atoms with E-state index < -0.39 is 12.2 Å². The van der Waals surface area contributed by atoms with Crippen LogP contribution in [0.2, 0.25) is 0 Å². The molecule has 0 aromatic carbocycles. The molecule has 1 rings (SSSR count). The molecule has 0 spiro atoms. The normalized spacial score (nSPS) is 39.4. The molecule has 1 aliphatic carbocycles. The van der Waals surface area contributed by atoms with Crippen molar-refractivity contribution in [3.63, 3.8) is 0 Å². The van der Waals surface area contributed by atoms with Crippen molar-refractivity contribution < 1.29 is 10.2 Å². The summed E-state index contributed by atoms with van der Waals surface area (Å²) in [6, 6.07) is 0. The molecule has 2 heteroatoms. The second-order valence-electron chi connectivity index (χ2n) is 6.10. The molecule has 14 heavy (non-hydrogen) atoms. The summed E-state index contributed by atoms with van der Waals surface area (Å²) in [6.45, 7) is 10.6. The van der Waals surface area contributed by atoms with E-state index in [0.29, 0.717) is 5.92 Å². The van der Waals surface area contributed by atoms with Crippen LogP contribution in [0.1, 0.15) is 41.0 Å². The molecule has 0 radical (unpaired) electrons. The van der Waals surface area contributed by atoms with Gasteiger partial charge in [0, 0.05) is 0 Å². The first-order chi connectivity index (χ1) is 6.25. The molecule has 0 amide bonds. The molecular weight excluding hydrogens is 176 g/mol. The van der Waals surface area contributed by atoms with E-state index in [1.165, 1.54) is 0 Å². The summed E-state index contributed by atoms with van der Waals surface area (Å²) < 4.78 is 0. The number of aliphatic hydroxyl groups excluding tert-OH is 2. The van der Waals surface area contributed by atoms with Crippen molar-refractivity contribution in [3.05, 3.63) is 0 Å². The average molecular weight is 200 g/mol. The van der Waals surface area contributed by atoms with Crippen molar-refractivity contribution >= 4 is 0 Å². The minimum Gasteiger partial charge on any atom is -0.390 e. The summed E-state index contributed by atoms with van der Waals surface area (Å²) in [4.78, 5) is 0. The van der Waals surface area contributed by atoms with E-state index in [2.05, 4.69) is 34.6 Å². The van der Waals surface area contributed by atoms with Gasteiger partial charge in [-0.25, -0.2) is 0 Å². The summed E-state index contributed by atoms with van der Waals surface area (Å²) in [5.74, 6) is 0.936. The van der Waals surface area contributed by atoms with Gasteiger partial charge in [0.2, 0.25) is 0 Å². The maximum absolute atomic E-state index is 9.96. The summed E-state index contributed by atoms with van der Waals surface area (Å²) in [6.07, 6.45) is -0.120. The third-order valence-electron chi connectivity index (χ3n) is 3.70. The van der Waals surface area contributed by atoms with Gasteiger partial charge in [-0.15, -0.1) is 0 Å². The third-order valence-corrected chi connectivity index (χ3v) is 3.70. The molecule has 84 valence electrons. The zero-order valence-electron chi connectivity index (χ0n) is 9.99. The van der Waals surface area contributed by atoms with E-state index >= 15 is 0 Å². The molecule has 1 aliphatic rings. The predicted molar refractivity (Wildman–Crippen MR) is 57.9 cm³/mol. The molecule has 0 unspecified atom stereocenters. The van der Waals surface area contributed by atoms with Crippen LogP contribution >= 0.6 is 0 Å². The summed E-state index contributed by atoms with van der Waals surface area (Å²) in [5, 5.41) is 19.9. The quantitative estimate of drug-likeness (QED) is 0.680. The number of rotatable bonds is 1. The Morgan fingerprint density at radius 2 is 1.57 bits per heavy atom. The van der Waals surface area contributed by atoms with Gasteiger partial charge in [0.15, 0.2) is 0 Å². The molecule has 0 bridgehead atoms. The van der Waals surface area contributed by atoms with Crippen molar-refractivity contribution in [2.75, 3.05) is 0 Å². The molecule has 0 aliphatic heterocycles. The van der Waals surface area contributed by atoms with Crippen molar-refractivity contribution in [1.82, 2.24) is 0 Å². The standard InChI is InChI=1S/C12H24O2/c1-7(2)8-6-9(12(3,4)5)11(14)10(8)13/h7-11,13-14H,6H2,1-5H3/t8-,9-,10-,11+/m0/s1. The summed E-state index contributed by atoms with van der Waals surface area (Å²) >= 11 is 0. The number of hydrogen-bond acceptors (Lipinski definition) is 2. The van der Waals surface area contributed by atoms with Gasteiger partial charge in [-0.1, -0.05) is 34.6 Å². The summed E-state index contributed by atoms with van der Waals surface area (Å²) in [5.41, 5.74) is 0.0873. The van der Waals surface area contributed by atoms with Gasteiger partial charge in [0.05, 0.1) is 12.2 Å². The average Bonchev–Trinajstić information content (AvgIpc) is 2.28. The fourth-order valence-corrected chi connectivity index (χ4v) is 2.60. The Balaban J connectivity index is 2.77. The molecule has 1 saturated carbocycles. The Morgan fingerprint density at radius 3 is 1.79 bits per heavy atom. The van der Waals surface area contributed by atoms with E-state index in [0.717, 1.165) is 6.42 Å². The van der Waals surface area contributed by atoms with E-state index in [1.54, 1.807) is 0 Å². The topological polar surface area (TPSA) is 40.5 Å². The van der Waals surface area contributed by atoms with Gasteiger partial charge < -0.3 is 10.2 Å². The first-order valence-electron chi connectivity index (χ1n) is 5.61. The Labute approximate surface area is 87.3 Å². The first kappa shape index (κ1) is 12.0. The van der Waals surface area contributed by atoms with Gasteiger partial charge in [-0.3, -0.25) is 0 Å². The predicted octanol–water partition coefficient (Wildman–Crippen LogP) is 2.05. The molecule has 0 aromatic rings. The van der Waals surface area contributed by atoms with Crippen LogP contribution in [-0.2, 0) is 0 Å². The van der Waals surface area contributed by atoms with E-state index in [4.69, 9.17) is 0 Å². The zero-order valence-corrected chi connectivity index (χ0v) is 9.99. The lowest BCUT2D eigenvalue weighted by Gasteiger charge is -2.30. The van der Waals surface area contributed by atoms with Gasteiger partial charge in [-0.05, 0) is 29.6 Å². The molecule has 2 nitrogen and oxygen atoms in total. The highest BCUT2D eigenvalue weighted by atomic mass is 16.3. The monoisotopic (exact) mass is 200 g/mol. The van der Waals surface area contributed by atoms with Crippen LogP contribution < -0.4 is 0 Å². The molecular formula is C12H24O2. The minimum atomic E-state index is -0.539. The SMILES string of the molecule is CC(C)[C@@H]1C[C@H](C(C)(C)C)[C@@H](O)[C@H]1O.